The van der Waals surface area contributed by atoms with E-state index in [2.05, 4.69) is 5.18 Å². The third-order valence-electron chi connectivity index (χ3n) is 2.34. The van der Waals surface area contributed by atoms with Crippen LogP contribution in [0.2, 0.25) is 0 Å². The van der Waals surface area contributed by atoms with E-state index in [0.717, 1.165) is 0 Å². The molecule has 1 fully saturated rings. The number of methoxy groups -OCH3 is 1. The molecule has 0 spiro atoms. The Hall–Kier alpha value is -1.01. The minimum Gasteiger partial charge on any atom is -0.457 e. The average Bonchev–Trinajstić information content (AvgIpc) is 2.20. The zero-order valence-corrected chi connectivity index (χ0v) is 9.00. The number of nitrogens with zero attached hydrogens (tertiary/aromatic N) is 1. The van der Waals surface area contributed by atoms with E-state index in [1.807, 2.05) is 0 Å². The molecule has 0 aromatic heterocycles. The maximum Gasteiger partial charge on any atom is 0.303 e. The molecule has 2 unspecified atom stereocenters. The van der Waals surface area contributed by atoms with Crippen LogP contribution in [0.5, 0.6) is 0 Å². The van der Waals surface area contributed by atoms with E-state index >= 15 is 0 Å². The number of ether oxygens (including phenoxy) is 3. The lowest BCUT2D eigenvalue weighted by Crippen LogP contribution is -2.48. The Labute approximate surface area is 87.8 Å². The van der Waals surface area contributed by atoms with Crippen molar-refractivity contribution in [3.63, 3.8) is 0 Å². The van der Waals surface area contributed by atoms with Gasteiger partial charge in [-0.15, -0.1) is 0 Å². The molecule has 1 rings (SSSR count). The van der Waals surface area contributed by atoms with E-state index in [1.54, 1.807) is 6.92 Å². The molecule has 1 aliphatic heterocycles. The Morgan fingerprint density at radius 2 is 2.20 bits per heavy atom. The summed E-state index contributed by atoms with van der Waals surface area (Å²) in [7, 11) is 1.49. The number of carbonyl (C=O) groups excluding carboxylic acids is 1. The third-order valence-corrected chi connectivity index (χ3v) is 2.34. The van der Waals surface area contributed by atoms with Crippen molar-refractivity contribution in [2.75, 3.05) is 7.11 Å². The van der Waals surface area contributed by atoms with Crippen molar-refractivity contribution in [1.29, 1.82) is 0 Å². The molecule has 0 saturated carbocycles. The number of hydrogen-bond donors (Lipinski definition) is 0. The lowest BCUT2D eigenvalue weighted by atomic mass is 10.0. The number of carbonyl (C=O) groups is 1. The molecule has 1 aliphatic rings. The molecule has 86 valence electrons. The Kier molecular flexibility index (Phi) is 4.16. The largest absolute Gasteiger partial charge is 0.457 e. The number of hydrogen-bond acceptors (Lipinski definition) is 6. The van der Waals surface area contributed by atoms with Gasteiger partial charge in [0.2, 0.25) is 0 Å². The zero-order valence-electron chi connectivity index (χ0n) is 9.00. The van der Waals surface area contributed by atoms with E-state index < -0.39 is 30.5 Å². The second-order valence-corrected chi connectivity index (χ2v) is 3.49. The van der Waals surface area contributed by atoms with E-state index in [1.165, 1.54) is 14.0 Å². The summed E-state index contributed by atoms with van der Waals surface area (Å²) in [6.45, 7) is 3.01. The van der Waals surface area contributed by atoms with Gasteiger partial charge in [0.15, 0.2) is 12.4 Å². The van der Waals surface area contributed by atoms with Gasteiger partial charge in [0.05, 0.1) is 6.10 Å². The first-order valence-corrected chi connectivity index (χ1v) is 4.76. The fraction of sp³-hybridized carbons (Fsp3) is 0.889. The summed E-state index contributed by atoms with van der Waals surface area (Å²) in [5, 5.41) is 2.94. The standard InChI is InChI=1S/C9H15NO5/c1-5-9(15-6(2)11)7(10-12)4-8(13-3)14-5/h5,7-9H,4H2,1-3H3/t5-,7?,8?,9-/m0/s1. The minimum atomic E-state index is -0.619. The van der Waals surface area contributed by atoms with Gasteiger partial charge in [0.25, 0.3) is 0 Å². The van der Waals surface area contributed by atoms with Gasteiger partial charge in [-0.25, -0.2) is 0 Å². The molecule has 0 aromatic rings. The van der Waals surface area contributed by atoms with E-state index in [4.69, 9.17) is 14.2 Å². The van der Waals surface area contributed by atoms with Crippen LogP contribution in [0.4, 0.5) is 0 Å². The number of nitroso groups, excluding NO2 is 1. The lowest BCUT2D eigenvalue weighted by molar-refractivity contribution is -0.220. The SMILES string of the molecule is COC1CC(N=O)[C@@H](OC(C)=O)[C@H](C)O1. The first kappa shape index (κ1) is 12.1. The number of esters is 1. The fourth-order valence-corrected chi connectivity index (χ4v) is 1.64. The molecular formula is C9H15NO5. The van der Waals surface area contributed by atoms with Crippen LogP contribution in [-0.4, -0.2) is 37.6 Å². The molecule has 15 heavy (non-hydrogen) atoms. The summed E-state index contributed by atoms with van der Waals surface area (Å²) in [5.41, 5.74) is 0. The molecule has 1 heterocycles. The van der Waals surface area contributed by atoms with Crippen molar-refractivity contribution < 1.29 is 19.0 Å². The minimum absolute atomic E-state index is 0.308. The van der Waals surface area contributed by atoms with Crippen LogP contribution in [0.25, 0.3) is 0 Å². The summed E-state index contributed by atoms with van der Waals surface area (Å²) in [6, 6.07) is -0.609. The quantitative estimate of drug-likeness (QED) is 0.517. The average molecular weight is 217 g/mol. The van der Waals surface area contributed by atoms with Crippen LogP contribution in [0.3, 0.4) is 0 Å². The Bertz CT molecular complexity index is 245. The molecule has 0 aliphatic carbocycles. The molecular weight excluding hydrogens is 202 g/mol. The van der Waals surface area contributed by atoms with Crippen LogP contribution in [0, 0.1) is 4.91 Å². The molecule has 0 amide bonds. The van der Waals surface area contributed by atoms with Crippen molar-refractivity contribution >= 4 is 5.97 Å². The van der Waals surface area contributed by atoms with Crippen LogP contribution in [0.15, 0.2) is 5.18 Å². The van der Waals surface area contributed by atoms with Crippen LogP contribution in [0.1, 0.15) is 20.3 Å². The van der Waals surface area contributed by atoms with Crippen molar-refractivity contribution in [2.45, 2.75) is 44.8 Å². The zero-order chi connectivity index (χ0) is 11.4. The topological polar surface area (TPSA) is 74.2 Å². The Balaban J connectivity index is 2.68. The fourth-order valence-electron chi connectivity index (χ4n) is 1.64. The monoisotopic (exact) mass is 217 g/mol. The highest BCUT2D eigenvalue weighted by Gasteiger charge is 2.39. The number of rotatable bonds is 3. The highest BCUT2D eigenvalue weighted by molar-refractivity contribution is 5.66. The van der Waals surface area contributed by atoms with Gasteiger partial charge < -0.3 is 14.2 Å². The van der Waals surface area contributed by atoms with E-state index in [9.17, 15) is 9.70 Å². The molecule has 0 aromatic carbocycles. The van der Waals surface area contributed by atoms with Gasteiger partial charge in [-0.1, -0.05) is 5.18 Å². The summed E-state index contributed by atoms with van der Waals surface area (Å²) in [4.78, 5) is 21.4. The van der Waals surface area contributed by atoms with Gasteiger partial charge in [-0.2, -0.15) is 4.91 Å². The van der Waals surface area contributed by atoms with Gasteiger partial charge in [-0.3, -0.25) is 4.79 Å². The molecule has 6 nitrogen and oxygen atoms in total. The maximum absolute atomic E-state index is 10.8. The van der Waals surface area contributed by atoms with Gasteiger partial charge in [-0.05, 0) is 6.92 Å². The summed E-state index contributed by atoms with van der Waals surface area (Å²) >= 11 is 0. The van der Waals surface area contributed by atoms with Crippen molar-refractivity contribution in [3.05, 3.63) is 4.91 Å². The smallest absolute Gasteiger partial charge is 0.303 e. The Morgan fingerprint density at radius 1 is 1.53 bits per heavy atom. The summed E-state index contributed by atoms with van der Waals surface area (Å²) in [6.07, 6.45) is -1.17. The first-order valence-electron chi connectivity index (χ1n) is 4.76. The second-order valence-electron chi connectivity index (χ2n) is 3.49. The summed E-state index contributed by atoms with van der Waals surface area (Å²) in [5.74, 6) is -0.444. The first-order chi connectivity index (χ1) is 7.08. The molecule has 0 bridgehead atoms. The van der Waals surface area contributed by atoms with Crippen LogP contribution < -0.4 is 0 Å². The highest BCUT2D eigenvalue weighted by atomic mass is 16.7. The van der Waals surface area contributed by atoms with Crippen molar-refractivity contribution in [3.8, 4) is 0 Å². The van der Waals surface area contributed by atoms with Crippen LogP contribution in [-0.2, 0) is 19.0 Å². The normalized spacial score (nSPS) is 35.9. The molecule has 0 N–H and O–H groups in total. The maximum atomic E-state index is 10.8. The van der Waals surface area contributed by atoms with Crippen LogP contribution >= 0.6 is 0 Å². The predicted molar refractivity (Wildman–Crippen MR) is 51.1 cm³/mol. The van der Waals surface area contributed by atoms with Crippen molar-refractivity contribution in [2.24, 2.45) is 5.18 Å². The highest BCUT2D eigenvalue weighted by Crippen LogP contribution is 2.25. The third kappa shape index (κ3) is 2.97. The molecule has 6 heteroatoms. The predicted octanol–water partition coefficient (Wildman–Crippen LogP) is 0.834. The van der Waals surface area contributed by atoms with E-state index in [0.29, 0.717) is 6.42 Å². The van der Waals surface area contributed by atoms with Gasteiger partial charge >= 0.3 is 5.97 Å². The van der Waals surface area contributed by atoms with Gasteiger partial charge in [0.1, 0.15) is 6.04 Å². The van der Waals surface area contributed by atoms with E-state index in [-0.39, 0.29) is 0 Å². The Morgan fingerprint density at radius 3 is 2.67 bits per heavy atom. The lowest BCUT2D eigenvalue weighted by Gasteiger charge is -2.35. The molecule has 4 atom stereocenters. The molecule has 0 radical (unpaired) electrons. The molecule has 1 saturated heterocycles. The van der Waals surface area contributed by atoms with Crippen molar-refractivity contribution in [1.82, 2.24) is 0 Å². The van der Waals surface area contributed by atoms with Gasteiger partial charge in [0, 0.05) is 20.5 Å². The second kappa shape index (κ2) is 5.18. The summed E-state index contributed by atoms with van der Waals surface area (Å²) < 4.78 is 15.4.